The predicted molar refractivity (Wildman–Crippen MR) is 74.1 cm³/mol. The van der Waals surface area contributed by atoms with Crippen LogP contribution in [0.25, 0.3) is 0 Å². The lowest BCUT2D eigenvalue weighted by molar-refractivity contribution is -0.121. The molecular weight excluding hydrogens is 224 g/mol. The summed E-state index contributed by atoms with van der Waals surface area (Å²) < 4.78 is 0. The molecule has 1 fully saturated rings. The third-order valence-corrected chi connectivity index (χ3v) is 3.82. The van der Waals surface area contributed by atoms with E-state index in [9.17, 15) is 4.79 Å². The average molecular weight is 246 g/mol. The summed E-state index contributed by atoms with van der Waals surface area (Å²) >= 11 is 0. The molecule has 1 aliphatic rings. The van der Waals surface area contributed by atoms with Gasteiger partial charge < -0.3 is 11.1 Å². The van der Waals surface area contributed by atoms with Gasteiger partial charge >= 0.3 is 0 Å². The highest BCUT2D eigenvalue weighted by atomic mass is 16.1. The molecule has 3 N–H and O–H groups in total. The number of anilines is 1. The number of rotatable bonds is 3. The standard InChI is InChI=1S/C15H22N2O/c1-11-5-7-13(8-6-11)15(18)17-14-4-2-3-12(9-14)10-16/h2-4,9,11,13H,5-8,10,16H2,1H3,(H,17,18). The molecule has 1 aliphatic carbocycles. The second-order valence-corrected chi connectivity index (χ2v) is 5.35. The first-order valence-corrected chi connectivity index (χ1v) is 6.79. The van der Waals surface area contributed by atoms with Gasteiger partial charge in [0.15, 0.2) is 0 Å². The second kappa shape index (κ2) is 6.01. The molecule has 1 aromatic rings. The molecule has 3 heteroatoms. The van der Waals surface area contributed by atoms with Gasteiger partial charge in [-0.1, -0.05) is 19.1 Å². The molecule has 98 valence electrons. The fourth-order valence-electron chi connectivity index (χ4n) is 2.54. The maximum atomic E-state index is 12.1. The van der Waals surface area contributed by atoms with Crippen molar-refractivity contribution in [2.45, 2.75) is 39.2 Å². The molecule has 0 aliphatic heterocycles. The van der Waals surface area contributed by atoms with Crippen LogP contribution in [0.3, 0.4) is 0 Å². The van der Waals surface area contributed by atoms with Crippen LogP contribution < -0.4 is 11.1 Å². The van der Waals surface area contributed by atoms with Gasteiger partial charge in [-0.2, -0.15) is 0 Å². The number of hydrogen-bond donors (Lipinski definition) is 2. The minimum atomic E-state index is 0.163. The fraction of sp³-hybridized carbons (Fsp3) is 0.533. The molecule has 2 rings (SSSR count). The van der Waals surface area contributed by atoms with Gasteiger partial charge in [0.2, 0.25) is 5.91 Å². The van der Waals surface area contributed by atoms with Crippen molar-refractivity contribution in [2.75, 3.05) is 5.32 Å². The van der Waals surface area contributed by atoms with E-state index >= 15 is 0 Å². The van der Waals surface area contributed by atoms with Crippen LogP contribution in [0.4, 0.5) is 5.69 Å². The molecule has 0 heterocycles. The van der Waals surface area contributed by atoms with Crippen LogP contribution in [-0.4, -0.2) is 5.91 Å². The van der Waals surface area contributed by atoms with Gasteiger partial charge in [0.1, 0.15) is 0 Å². The Labute approximate surface area is 109 Å². The van der Waals surface area contributed by atoms with Gasteiger partial charge in [-0.25, -0.2) is 0 Å². The Morgan fingerprint density at radius 2 is 2.06 bits per heavy atom. The van der Waals surface area contributed by atoms with Gasteiger partial charge in [0.25, 0.3) is 0 Å². The zero-order valence-electron chi connectivity index (χ0n) is 11.0. The zero-order valence-corrected chi connectivity index (χ0v) is 11.0. The van der Waals surface area contributed by atoms with Crippen LogP contribution in [-0.2, 0) is 11.3 Å². The van der Waals surface area contributed by atoms with E-state index in [2.05, 4.69) is 12.2 Å². The zero-order chi connectivity index (χ0) is 13.0. The summed E-state index contributed by atoms with van der Waals surface area (Å²) in [5.41, 5.74) is 7.50. The minimum absolute atomic E-state index is 0.163. The second-order valence-electron chi connectivity index (χ2n) is 5.35. The number of amides is 1. The van der Waals surface area contributed by atoms with E-state index in [0.717, 1.165) is 30.0 Å². The lowest BCUT2D eigenvalue weighted by atomic mass is 9.82. The summed E-state index contributed by atoms with van der Waals surface area (Å²) in [5.74, 6) is 1.12. The number of nitrogens with one attached hydrogen (secondary N) is 1. The van der Waals surface area contributed by atoms with Gasteiger partial charge in [0, 0.05) is 18.2 Å². The molecule has 0 unspecified atom stereocenters. The summed E-state index contributed by atoms with van der Waals surface area (Å²) in [7, 11) is 0. The highest BCUT2D eigenvalue weighted by Crippen LogP contribution is 2.29. The van der Waals surface area contributed by atoms with Gasteiger partial charge in [-0.05, 0) is 49.3 Å². The lowest BCUT2D eigenvalue weighted by Gasteiger charge is -2.25. The highest BCUT2D eigenvalue weighted by molar-refractivity contribution is 5.92. The first-order chi connectivity index (χ1) is 8.69. The molecule has 0 radical (unpaired) electrons. The van der Waals surface area contributed by atoms with Crippen molar-refractivity contribution in [3.05, 3.63) is 29.8 Å². The Bertz CT molecular complexity index is 409. The molecule has 18 heavy (non-hydrogen) atoms. The monoisotopic (exact) mass is 246 g/mol. The maximum Gasteiger partial charge on any atom is 0.227 e. The first kappa shape index (κ1) is 13.1. The molecule has 0 saturated heterocycles. The highest BCUT2D eigenvalue weighted by Gasteiger charge is 2.24. The Kier molecular flexibility index (Phi) is 4.37. The Hall–Kier alpha value is -1.35. The van der Waals surface area contributed by atoms with E-state index in [1.165, 1.54) is 12.8 Å². The number of benzene rings is 1. The van der Waals surface area contributed by atoms with Gasteiger partial charge in [-0.15, -0.1) is 0 Å². The molecule has 3 nitrogen and oxygen atoms in total. The quantitative estimate of drug-likeness (QED) is 0.861. The van der Waals surface area contributed by atoms with E-state index in [-0.39, 0.29) is 11.8 Å². The SMILES string of the molecule is CC1CCC(C(=O)Nc2cccc(CN)c2)CC1. The predicted octanol–water partition coefficient (Wildman–Crippen LogP) is 2.91. The number of nitrogens with two attached hydrogens (primary N) is 1. The maximum absolute atomic E-state index is 12.1. The van der Waals surface area contributed by atoms with E-state index < -0.39 is 0 Å². The van der Waals surface area contributed by atoms with Crippen LogP contribution >= 0.6 is 0 Å². The minimum Gasteiger partial charge on any atom is -0.326 e. The number of hydrogen-bond acceptors (Lipinski definition) is 2. The summed E-state index contributed by atoms with van der Waals surface area (Å²) in [6, 6.07) is 7.77. The normalized spacial score (nSPS) is 23.7. The van der Waals surface area contributed by atoms with Crippen LogP contribution in [0.1, 0.15) is 38.2 Å². The molecule has 0 bridgehead atoms. The summed E-state index contributed by atoms with van der Waals surface area (Å²) in [6.07, 6.45) is 4.37. The number of carbonyl (C=O) groups excluding carboxylic acids is 1. The van der Waals surface area contributed by atoms with Crippen molar-refractivity contribution < 1.29 is 4.79 Å². The Morgan fingerprint density at radius 3 is 2.72 bits per heavy atom. The third-order valence-electron chi connectivity index (χ3n) is 3.82. The average Bonchev–Trinajstić information content (AvgIpc) is 2.39. The molecule has 0 aromatic heterocycles. The van der Waals surface area contributed by atoms with Gasteiger partial charge in [0.05, 0.1) is 0 Å². The summed E-state index contributed by atoms with van der Waals surface area (Å²) in [6.45, 7) is 2.77. The van der Waals surface area contributed by atoms with Crippen LogP contribution in [0.5, 0.6) is 0 Å². The number of carbonyl (C=O) groups is 1. The van der Waals surface area contributed by atoms with E-state index in [1.807, 2.05) is 24.3 Å². The molecule has 0 atom stereocenters. The van der Waals surface area contributed by atoms with Crippen molar-refractivity contribution in [1.82, 2.24) is 0 Å². The van der Waals surface area contributed by atoms with Crippen molar-refractivity contribution in [3.63, 3.8) is 0 Å². The van der Waals surface area contributed by atoms with Crippen LogP contribution in [0.2, 0.25) is 0 Å². The van der Waals surface area contributed by atoms with Crippen LogP contribution in [0, 0.1) is 11.8 Å². The Balaban J connectivity index is 1.94. The molecular formula is C15H22N2O. The third kappa shape index (κ3) is 3.33. The van der Waals surface area contributed by atoms with E-state index in [4.69, 9.17) is 5.73 Å². The van der Waals surface area contributed by atoms with Crippen molar-refractivity contribution >= 4 is 11.6 Å². The Morgan fingerprint density at radius 1 is 1.33 bits per heavy atom. The topological polar surface area (TPSA) is 55.1 Å². The molecule has 1 saturated carbocycles. The van der Waals surface area contributed by atoms with Crippen molar-refractivity contribution in [1.29, 1.82) is 0 Å². The van der Waals surface area contributed by atoms with Crippen molar-refractivity contribution in [3.8, 4) is 0 Å². The first-order valence-electron chi connectivity index (χ1n) is 6.79. The molecule has 1 amide bonds. The largest absolute Gasteiger partial charge is 0.326 e. The van der Waals surface area contributed by atoms with Crippen LogP contribution in [0.15, 0.2) is 24.3 Å². The van der Waals surface area contributed by atoms with E-state index in [0.29, 0.717) is 6.54 Å². The van der Waals surface area contributed by atoms with Crippen molar-refractivity contribution in [2.24, 2.45) is 17.6 Å². The fourth-order valence-corrected chi connectivity index (χ4v) is 2.54. The smallest absolute Gasteiger partial charge is 0.227 e. The lowest BCUT2D eigenvalue weighted by Crippen LogP contribution is -2.26. The molecule has 1 aromatic carbocycles. The summed E-state index contributed by atoms with van der Waals surface area (Å²) in [5, 5.41) is 3.01. The van der Waals surface area contributed by atoms with E-state index in [1.54, 1.807) is 0 Å². The molecule has 0 spiro atoms. The summed E-state index contributed by atoms with van der Waals surface area (Å²) in [4.78, 5) is 12.1. The van der Waals surface area contributed by atoms with Gasteiger partial charge in [-0.3, -0.25) is 4.79 Å².